The lowest BCUT2D eigenvalue weighted by Gasteiger charge is -2.43. The van der Waals surface area contributed by atoms with Gasteiger partial charge in [0.2, 0.25) is 11.2 Å². The van der Waals surface area contributed by atoms with Crippen molar-refractivity contribution in [3.63, 3.8) is 0 Å². The normalized spacial score (nSPS) is 21.5. The van der Waals surface area contributed by atoms with Gasteiger partial charge in [-0.1, -0.05) is 36.4 Å². The number of benzene rings is 2. The molecule has 15 nitrogen and oxygen atoms in total. The molecule has 0 amide bonds. The van der Waals surface area contributed by atoms with Crippen LogP contribution in [0.5, 0.6) is 0 Å². The van der Waals surface area contributed by atoms with Crippen LogP contribution < -0.4 is 15.5 Å². The molecule has 4 fully saturated rings. The molecule has 22 heteroatoms. The lowest BCUT2D eigenvalue weighted by atomic mass is 9.80. The van der Waals surface area contributed by atoms with Crippen LogP contribution in [0.15, 0.2) is 79.3 Å². The Balaban J connectivity index is 0.000000178. The van der Waals surface area contributed by atoms with Gasteiger partial charge in [-0.15, -0.1) is 0 Å². The SMILES string of the molecule is CO.FC(F)(F)c1ccnc(Cl)n1.OC(CN1CCC(C2CNc3ccccc32)CC1)C1(O)CCNCC1.OC(CN1CCC(c2c[nH]c3ccccc23)CC1)C1(O)CCN(c2nccc(C(F)(F)F)n2)CC1. The Morgan fingerprint density at radius 3 is 1.84 bits per heavy atom. The van der Waals surface area contributed by atoms with Gasteiger partial charge in [0, 0.05) is 80.9 Å². The summed E-state index contributed by atoms with van der Waals surface area (Å²) in [4.78, 5) is 23.4. The summed E-state index contributed by atoms with van der Waals surface area (Å²) in [5.74, 6) is 1.79. The van der Waals surface area contributed by atoms with Crippen LogP contribution >= 0.6 is 11.6 Å². The molecule has 3 unspecified atom stereocenters. The summed E-state index contributed by atoms with van der Waals surface area (Å²) < 4.78 is 74.4. The number of aromatic nitrogens is 5. The molecular weight excluding hydrogens is 982 g/mol. The number of halogens is 7. The Kier molecular flexibility index (Phi) is 19.0. The first-order valence-corrected chi connectivity index (χ1v) is 25.3. The van der Waals surface area contributed by atoms with E-state index in [0.29, 0.717) is 43.7 Å². The molecule has 3 atom stereocenters. The van der Waals surface area contributed by atoms with Crippen molar-refractivity contribution in [1.29, 1.82) is 0 Å². The van der Waals surface area contributed by atoms with Crippen molar-refractivity contribution in [2.45, 2.75) is 99.0 Å². The van der Waals surface area contributed by atoms with Gasteiger partial charge in [0.1, 0.15) is 11.4 Å². The summed E-state index contributed by atoms with van der Waals surface area (Å²) >= 11 is 5.13. The van der Waals surface area contributed by atoms with E-state index in [0.717, 1.165) is 95.8 Å². The first-order valence-electron chi connectivity index (χ1n) is 24.9. The van der Waals surface area contributed by atoms with Gasteiger partial charge in [0.25, 0.3) is 0 Å². The number of aromatic amines is 1. The maximum Gasteiger partial charge on any atom is 0.433 e. The second kappa shape index (κ2) is 24.8. The number of aliphatic hydroxyl groups excluding tert-OH is 3. The highest BCUT2D eigenvalue weighted by molar-refractivity contribution is 6.28. The minimum Gasteiger partial charge on any atom is -0.400 e. The number of H-pyrrole nitrogens is 1. The van der Waals surface area contributed by atoms with Crippen molar-refractivity contribution in [2.24, 2.45) is 5.92 Å². The van der Waals surface area contributed by atoms with E-state index < -0.39 is 52.4 Å². The standard InChI is InChI=1S/C25H30F3N5O2.C20H31N3O2.C5H2ClF3N2.CH4O/c26-25(27,28)21-5-10-29-23(31-21)33-13-8-24(35,9-14-33)22(34)16-32-11-6-17(7-12-32)19-15-30-20-4-2-1-3-18(19)20;24-19(20(25)7-9-21-10-8-20)14-23-11-5-15(6-12-23)17-13-22-18-4-2-1-3-16(17)18;6-4-10-2-1-3(11-4)5(7,8)9;1-2/h1-5,10,15,17,22,30,34-35H,6-9,11-14,16H2;1-4,15,17,19,21-22,24-25H,5-14H2;1-2H;2H,1H3. The summed E-state index contributed by atoms with van der Waals surface area (Å²) in [6.45, 7) is 7.88. The van der Waals surface area contributed by atoms with Gasteiger partial charge < -0.3 is 55.8 Å². The van der Waals surface area contributed by atoms with Crippen molar-refractivity contribution >= 4 is 34.1 Å². The molecule has 4 saturated heterocycles. The zero-order valence-electron chi connectivity index (χ0n) is 40.8. The van der Waals surface area contributed by atoms with Crippen LogP contribution in [0.4, 0.5) is 38.0 Å². The summed E-state index contributed by atoms with van der Waals surface area (Å²) in [5, 5.41) is 57.9. The number of nitrogens with zero attached hydrogens (tertiary/aromatic N) is 7. The molecule has 73 heavy (non-hydrogen) atoms. The van der Waals surface area contributed by atoms with Crippen LogP contribution in [0, 0.1) is 5.92 Å². The van der Waals surface area contributed by atoms with E-state index in [2.05, 4.69) is 94.0 Å². The van der Waals surface area contributed by atoms with Gasteiger partial charge in [-0.3, -0.25) is 0 Å². The first-order chi connectivity index (χ1) is 34.9. The highest BCUT2D eigenvalue weighted by atomic mass is 35.5. The molecule has 5 aliphatic heterocycles. The molecule has 3 aromatic heterocycles. The average Bonchev–Trinajstić information content (AvgIpc) is 4.03. The summed E-state index contributed by atoms with van der Waals surface area (Å²) in [6, 6.07) is 18.6. The van der Waals surface area contributed by atoms with Gasteiger partial charge in [-0.2, -0.15) is 26.3 Å². The van der Waals surface area contributed by atoms with Crippen LogP contribution in [0.25, 0.3) is 10.9 Å². The molecule has 0 radical (unpaired) electrons. The number of fused-ring (bicyclic) bond motifs is 2. The molecule has 8 N–H and O–H groups in total. The van der Waals surface area contributed by atoms with E-state index in [9.17, 15) is 46.8 Å². The number of alkyl halides is 6. The number of β-amino-alcohol motifs (C(OH)–C–C–N with tert-alkyl or cyclic N) is 2. The zero-order chi connectivity index (χ0) is 52.4. The van der Waals surface area contributed by atoms with E-state index in [4.69, 9.17) is 16.7 Å². The summed E-state index contributed by atoms with van der Waals surface area (Å²) in [7, 11) is 1.00. The third kappa shape index (κ3) is 14.4. The fraction of sp³-hybridized carbons (Fsp3) is 0.569. The second-order valence-electron chi connectivity index (χ2n) is 19.5. The summed E-state index contributed by atoms with van der Waals surface area (Å²) in [6.07, 6.45) is -0.329. The lowest BCUT2D eigenvalue weighted by molar-refractivity contribution is -0.142. The molecular formula is C51H67ClF6N10O5. The first kappa shape index (κ1) is 56.0. The Labute approximate surface area is 426 Å². The van der Waals surface area contributed by atoms with Crippen LogP contribution in [-0.2, 0) is 12.4 Å². The van der Waals surface area contributed by atoms with Gasteiger partial charge in [0.15, 0.2) is 0 Å². The maximum atomic E-state index is 13.0. The summed E-state index contributed by atoms with van der Waals surface area (Å²) in [5.41, 5.74) is 1.05. The molecule has 2 aromatic carbocycles. The van der Waals surface area contributed by atoms with Crippen molar-refractivity contribution in [1.82, 2.24) is 40.0 Å². The zero-order valence-corrected chi connectivity index (χ0v) is 41.6. The molecule has 0 bridgehead atoms. The lowest BCUT2D eigenvalue weighted by Crippen LogP contribution is -2.55. The molecule has 8 heterocycles. The minimum atomic E-state index is -4.54. The fourth-order valence-electron chi connectivity index (χ4n) is 10.7. The van der Waals surface area contributed by atoms with Crippen LogP contribution in [0.3, 0.4) is 0 Å². The molecule has 10 rings (SSSR count). The van der Waals surface area contributed by atoms with Crippen LogP contribution in [-0.4, -0.2) is 163 Å². The maximum absolute atomic E-state index is 13.0. The van der Waals surface area contributed by atoms with E-state index in [-0.39, 0.29) is 31.9 Å². The molecule has 5 aliphatic rings. The van der Waals surface area contributed by atoms with Gasteiger partial charge in [-0.25, -0.2) is 19.9 Å². The molecule has 400 valence electrons. The monoisotopic (exact) mass is 1050 g/mol. The molecule has 0 aliphatic carbocycles. The van der Waals surface area contributed by atoms with Crippen molar-refractivity contribution in [3.05, 3.63) is 107 Å². The highest BCUT2D eigenvalue weighted by Gasteiger charge is 2.42. The van der Waals surface area contributed by atoms with Gasteiger partial charge in [-0.05, 0) is 149 Å². The van der Waals surface area contributed by atoms with Crippen molar-refractivity contribution < 1.29 is 51.9 Å². The number of rotatable bonds is 9. The Morgan fingerprint density at radius 1 is 0.685 bits per heavy atom. The number of aliphatic hydroxyl groups is 5. The highest BCUT2D eigenvalue weighted by Crippen LogP contribution is 2.41. The predicted octanol–water partition coefficient (Wildman–Crippen LogP) is 6.69. The topological polar surface area (TPSA) is 202 Å². The Bertz CT molecular complexity index is 2490. The van der Waals surface area contributed by atoms with Crippen LogP contribution in [0.1, 0.15) is 85.7 Å². The minimum absolute atomic E-state index is 0.00396. The fourth-order valence-corrected chi connectivity index (χ4v) is 10.9. The number of likely N-dealkylation sites (tertiary alicyclic amines) is 2. The van der Waals surface area contributed by atoms with E-state index in [1.54, 1.807) is 4.90 Å². The van der Waals surface area contributed by atoms with Gasteiger partial charge >= 0.3 is 12.4 Å². The largest absolute Gasteiger partial charge is 0.433 e. The smallest absolute Gasteiger partial charge is 0.400 e. The molecule has 0 spiro atoms. The van der Waals surface area contributed by atoms with Crippen molar-refractivity contribution in [3.8, 4) is 0 Å². The molecule has 5 aromatic rings. The quantitative estimate of drug-likeness (QED) is 0.0574. The third-order valence-corrected chi connectivity index (χ3v) is 15.2. The second-order valence-corrected chi connectivity index (χ2v) is 19.8. The number of hydrogen-bond donors (Lipinski definition) is 8. The number of para-hydroxylation sites is 2. The van der Waals surface area contributed by atoms with Crippen molar-refractivity contribution in [2.75, 3.05) is 89.3 Å². The Morgan fingerprint density at radius 2 is 1.23 bits per heavy atom. The predicted molar refractivity (Wildman–Crippen MR) is 266 cm³/mol. The van der Waals surface area contributed by atoms with Crippen LogP contribution in [0.2, 0.25) is 5.28 Å². The molecule has 0 saturated carbocycles. The van der Waals surface area contributed by atoms with Gasteiger partial charge in [0.05, 0.1) is 23.4 Å². The van der Waals surface area contributed by atoms with E-state index in [1.807, 2.05) is 6.07 Å². The van der Waals surface area contributed by atoms with E-state index in [1.165, 1.54) is 35.0 Å². The number of piperidine rings is 4. The number of nitrogens with one attached hydrogen (secondary N) is 3. The Hall–Kier alpha value is -4.71. The number of hydrogen-bond acceptors (Lipinski definition) is 14. The van der Waals surface area contributed by atoms with E-state index >= 15 is 0 Å². The number of anilines is 2. The average molecular weight is 1050 g/mol. The third-order valence-electron chi connectivity index (χ3n) is 15.1.